The van der Waals surface area contributed by atoms with E-state index < -0.39 is 17.7 Å². The second-order valence-electron chi connectivity index (χ2n) is 5.27. The fourth-order valence-corrected chi connectivity index (χ4v) is 2.51. The van der Waals surface area contributed by atoms with Crippen LogP contribution in [0.4, 0.5) is 19.3 Å². The fraction of sp³-hybridized carbons (Fsp3) is 0.500. The largest absolute Gasteiger partial charge is 0.485 e. The SMILES string of the molecule is O=C(O)N1CCN(c2c(F)cc(OC3COC3)cc2F)CC1. The van der Waals surface area contributed by atoms with Crippen molar-refractivity contribution in [2.45, 2.75) is 6.10 Å². The van der Waals surface area contributed by atoms with E-state index in [1.807, 2.05) is 0 Å². The number of ether oxygens (including phenoxy) is 2. The topological polar surface area (TPSA) is 62.2 Å². The van der Waals surface area contributed by atoms with E-state index in [1.54, 1.807) is 0 Å². The molecule has 2 aliphatic heterocycles. The van der Waals surface area contributed by atoms with Crippen LogP contribution in [0.25, 0.3) is 0 Å². The highest BCUT2D eigenvalue weighted by Gasteiger charge is 2.26. The van der Waals surface area contributed by atoms with Gasteiger partial charge in [0.05, 0.1) is 13.2 Å². The molecule has 0 saturated carbocycles. The lowest BCUT2D eigenvalue weighted by Gasteiger charge is -2.35. The summed E-state index contributed by atoms with van der Waals surface area (Å²) >= 11 is 0. The summed E-state index contributed by atoms with van der Waals surface area (Å²) in [5.74, 6) is -1.28. The normalized spacial score (nSPS) is 19.0. The predicted molar refractivity (Wildman–Crippen MR) is 73.4 cm³/mol. The molecule has 6 nitrogen and oxygen atoms in total. The van der Waals surface area contributed by atoms with Gasteiger partial charge in [-0.15, -0.1) is 0 Å². The van der Waals surface area contributed by atoms with Gasteiger partial charge in [-0.05, 0) is 0 Å². The Morgan fingerprint density at radius 2 is 1.77 bits per heavy atom. The molecule has 8 heteroatoms. The van der Waals surface area contributed by atoms with Gasteiger partial charge in [-0.3, -0.25) is 0 Å². The Hall–Kier alpha value is -2.09. The molecule has 0 spiro atoms. The first kappa shape index (κ1) is 14.8. The van der Waals surface area contributed by atoms with Gasteiger partial charge in [-0.1, -0.05) is 0 Å². The maximum absolute atomic E-state index is 14.2. The number of carboxylic acid groups (broad SMARTS) is 1. The van der Waals surface area contributed by atoms with E-state index in [1.165, 1.54) is 9.80 Å². The molecule has 1 aromatic rings. The Kier molecular flexibility index (Phi) is 4.02. The fourth-order valence-electron chi connectivity index (χ4n) is 2.51. The van der Waals surface area contributed by atoms with E-state index in [0.717, 1.165) is 12.1 Å². The van der Waals surface area contributed by atoms with E-state index in [2.05, 4.69) is 0 Å². The average Bonchev–Trinajstić information content (AvgIpc) is 2.43. The first-order valence-electron chi connectivity index (χ1n) is 7.01. The van der Waals surface area contributed by atoms with Crippen LogP contribution in [0.2, 0.25) is 0 Å². The molecule has 1 amide bonds. The number of rotatable bonds is 3. The zero-order chi connectivity index (χ0) is 15.7. The van der Waals surface area contributed by atoms with E-state index in [0.29, 0.717) is 13.2 Å². The maximum atomic E-state index is 14.2. The monoisotopic (exact) mass is 314 g/mol. The van der Waals surface area contributed by atoms with Gasteiger partial charge in [0.2, 0.25) is 0 Å². The number of hydrogen-bond donors (Lipinski definition) is 1. The zero-order valence-corrected chi connectivity index (χ0v) is 11.8. The number of carbonyl (C=O) groups is 1. The van der Waals surface area contributed by atoms with Crippen molar-refractivity contribution in [2.75, 3.05) is 44.3 Å². The molecule has 2 fully saturated rings. The van der Waals surface area contributed by atoms with E-state index in [-0.39, 0.29) is 43.7 Å². The van der Waals surface area contributed by atoms with Crippen molar-refractivity contribution in [3.8, 4) is 5.75 Å². The standard InChI is InChI=1S/C14H16F2N2O4/c15-11-5-9(22-10-7-21-8-10)6-12(16)13(11)17-1-3-18(4-2-17)14(19)20/h5-6,10H,1-4,7-8H2,(H,19,20). The Morgan fingerprint density at radius 3 is 2.23 bits per heavy atom. The molecule has 0 unspecified atom stereocenters. The number of piperazine rings is 1. The highest BCUT2D eigenvalue weighted by molar-refractivity contribution is 5.65. The van der Waals surface area contributed by atoms with Crippen molar-refractivity contribution in [3.05, 3.63) is 23.8 Å². The molecule has 0 radical (unpaired) electrons. The summed E-state index contributed by atoms with van der Waals surface area (Å²) in [6.07, 6.45) is -1.18. The summed E-state index contributed by atoms with van der Waals surface area (Å²) in [5, 5.41) is 8.89. The van der Waals surface area contributed by atoms with Crippen molar-refractivity contribution < 1.29 is 28.2 Å². The minimum Gasteiger partial charge on any atom is -0.485 e. The maximum Gasteiger partial charge on any atom is 0.407 e. The summed E-state index contributed by atoms with van der Waals surface area (Å²) in [5.41, 5.74) is -0.137. The van der Waals surface area contributed by atoms with Gasteiger partial charge < -0.3 is 24.4 Å². The molecule has 1 N–H and O–H groups in total. The minimum absolute atomic E-state index is 0.135. The van der Waals surface area contributed by atoms with Crippen LogP contribution < -0.4 is 9.64 Å². The first-order valence-corrected chi connectivity index (χ1v) is 7.01. The molecule has 2 heterocycles. The second kappa shape index (κ2) is 5.96. The third-order valence-corrected chi connectivity index (χ3v) is 3.77. The Morgan fingerprint density at radius 1 is 1.18 bits per heavy atom. The predicted octanol–water partition coefficient (Wildman–Crippen LogP) is 1.54. The number of nitrogens with zero attached hydrogens (tertiary/aromatic N) is 2. The third kappa shape index (κ3) is 2.92. The summed E-state index contributed by atoms with van der Waals surface area (Å²) in [6.45, 7) is 1.76. The van der Waals surface area contributed by atoms with Crippen LogP contribution in [0.1, 0.15) is 0 Å². The number of anilines is 1. The number of amides is 1. The van der Waals surface area contributed by atoms with Gasteiger partial charge in [0.15, 0.2) is 11.6 Å². The molecular weight excluding hydrogens is 298 g/mol. The highest BCUT2D eigenvalue weighted by Crippen LogP contribution is 2.30. The van der Waals surface area contributed by atoms with Crippen LogP contribution in [0.5, 0.6) is 5.75 Å². The molecule has 2 saturated heterocycles. The Balaban J connectivity index is 1.72. The van der Waals surface area contributed by atoms with Crippen LogP contribution in [-0.2, 0) is 4.74 Å². The Labute approximate surface area is 125 Å². The smallest absolute Gasteiger partial charge is 0.407 e. The van der Waals surface area contributed by atoms with Crippen LogP contribution >= 0.6 is 0 Å². The molecule has 0 bridgehead atoms. The summed E-state index contributed by atoms with van der Waals surface area (Å²) in [4.78, 5) is 13.6. The molecule has 2 aliphatic rings. The number of benzene rings is 1. The van der Waals surface area contributed by atoms with Crippen molar-refractivity contribution in [1.82, 2.24) is 4.90 Å². The minimum atomic E-state index is -1.02. The van der Waals surface area contributed by atoms with Gasteiger partial charge in [-0.2, -0.15) is 0 Å². The Bertz CT molecular complexity index is 549. The molecule has 0 aliphatic carbocycles. The molecule has 3 rings (SSSR count). The van der Waals surface area contributed by atoms with Gasteiger partial charge in [0.25, 0.3) is 0 Å². The molecule has 22 heavy (non-hydrogen) atoms. The molecular formula is C14H16F2N2O4. The van der Waals surface area contributed by atoms with Crippen LogP contribution in [0.3, 0.4) is 0 Å². The van der Waals surface area contributed by atoms with Gasteiger partial charge in [-0.25, -0.2) is 13.6 Å². The van der Waals surface area contributed by atoms with Crippen LogP contribution in [-0.4, -0.2) is 61.6 Å². The van der Waals surface area contributed by atoms with Gasteiger partial charge >= 0.3 is 6.09 Å². The van der Waals surface area contributed by atoms with Gasteiger partial charge in [0, 0.05) is 38.3 Å². The van der Waals surface area contributed by atoms with Crippen molar-refractivity contribution in [3.63, 3.8) is 0 Å². The molecule has 1 aromatic carbocycles. The average molecular weight is 314 g/mol. The lowest BCUT2D eigenvalue weighted by molar-refractivity contribution is -0.0798. The summed E-state index contributed by atoms with van der Waals surface area (Å²) in [6, 6.07) is 2.31. The first-order chi connectivity index (χ1) is 10.5. The zero-order valence-electron chi connectivity index (χ0n) is 11.8. The summed E-state index contributed by atoms with van der Waals surface area (Å²) in [7, 11) is 0. The highest BCUT2D eigenvalue weighted by atomic mass is 19.1. The van der Waals surface area contributed by atoms with Crippen molar-refractivity contribution in [1.29, 1.82) is 0 Å². The molecule has 0 aromatic heterocycles. The van der Waals surface area contributed by atoms with E-state index >= 15 is 0 Å². The van der Waals surface area contributed by atoms with E-state index in [4.69, 9.17) is 14.6 Å². The lowest BCUT2D eigenvalue weighted by Crippen LogP contribution is -2.48. The molecule has 120 valence electrons. The van der Waals surface area contributed by atoms with Crippen molar-refractivity contribution >= 4 is 11.8 Å². The van der Waals surface area contributed by atoms with Crippen LogP contribution in [0.15, 0.2) is 12.1 Å². The second-order valence-corrected chi connectivity index (χ2v) is 5.27. The number of hydrogen-bond acceptors (Lipinski definition) is 4. The molecule has 0 atom stereocenters. The van der Waals surface area contributed by atoms with E-state index in [9.17, 15) is 13.6 Å². The third-order valence-electron chi connectivity index (χ3n) is 3.77. The summed E-state index contributed by atoms with van der Waals surface area (Å²) < 4.78 is 38.7. The quantitative estimate of drug-likeness (QED) is 0.917. The lowest BCUT2D eigenvalue weighted by atomic mass is 10.2. The van der Waals surface area contributed by atoms with Crippen molar-refractivity contribution in [2.24, 2.45) is 0 Å². The van der Waals surface area contributed by atoms with Crippen LogP contribution in [0, 0.1) is 11.6 Å². The van der Waals surface area contributed by atoms with Gasteiger partial charge in [0.1, 0.15) is 17.5 Å². The number of halogens is 2.